The number of halogens is 3. The first-order valence-corrected chi connectivity index (χ1v) is 10.8. The highest BCUT2D eigenvalue weighted by Gasteiger charge is 2.45. The van der Waals surface area contributed by atoms with Gasteiger partial charge < -0.3 is 18.9 Å². The Bertz CT molecular complexity index is 586. The van der Waals surface area contributed by atoms with Crippen molar-refractivity contribution in [2.75, 3.05) is 0 Å². The monoisotopic (exact) mass is 456 g/mol. The summed E-state index contributed by atoms with van der Waals surface area (Å²) >= 11 is 0. The van der Waals surface area contributed by atoms with Gasteiger partial charge in [0.15, 0.2) is 0 Å². The van der Waals surface area contributed by atoms with Gasteiger partial charge in [-0.2, -0.15) is 13.2 Å². The van der Waals surface area contributed by atoms with Crippen molar-refractivity contribution in [2.24, 2.45) is 0 Å². The molecule has 9 heteroatoms. The lowest BCUT2D eigenvalue weighted by molar-refractivity contribution is -0.216. The highest BCUT2D eigenvalue weighted by Crippen LogP contribution is 2.30. The van der Waals surface area contributed by atoms with Crippen LogP contribution in [-0.2, 0) is 23.7 Å². The third-order valence-corrected chi connectivity index (χ3v) is 5.46. The molecule has 0 bridgehead atoms. The molecule has 0 fully saturated rings. The third-order valence-electron chi connectivity index (χ3n) is 5.46. The summed E-state index contributed by atoms with van der Waals surface area (Å²) in [6, 6.07) is 0. The Labute approximate surface area is 184 Å². The van der Waals surface area contributed by atoms with E-state index in [2.05, 4.69) is 0 Å². The molecule has 31 heavy (non-hydrogen) atoms. The highest BCUT2D eigenvalue weighted by molar-refractivity contribution is 5.76. The summed E-state index contributed by atoms with van der Waals surface area (Å²) in [6.07, 6.45) is -4.88. The number of hydrogen-bond donors (Lipinski definition) is 0. The van der Waals surface area contributed by atoms with Crippen LogP contribution in [0.25, 0.3) is 0 Å². The molecule has 184 valence electrons. The largest absolute Gasteiger partial charge is 0.509 e. The van der Waals surface area contributed by atoms with Crippen molar-refractivity contribution in [3.05, 3.63) is 0 Å². The van der Waals surface area contributed by atoms with Gasteiger partial charge in [0.1, 0.15) is 17.3 Å². The first-order valence-electron chi connectivity index (χ1n) is 10.8. The SMILES string of the molecule is CCC(C)(CC)OC(=O)OC(C)CC(C)(C)OC(C)CC(C)(CC)OC(=O)C(F)(F)F. The van der Waals surface area contributed by atoms with Gasteiger partial charge in [0.25, 0.3) is 0 Å². The molecule has 0 radical (unpaired) electrons. The molecule has 0 aromatic heterocycles. The summed E-state index contributed by atoms with van der Waals surface area (Å²) in [5, 5.41) is 0. The summed E-state index contributed by atoms with van der Waals surface area (Å²) in [4.78, 5) is 23.3. The molecule has 0 saturated carbocycles. The van der Waals surface area contributed by atoms with E-state index in [9.17, 15) is 22.8 Å². The predicted molar refractivity (Wildman–Crippen MR) is 111 cm³/mol. The second-order valence-corrected chi connectivity index (χ2v) is 9.22. The number of carbonyl (C=O) groups is 2. The Morgan fingerprint density at radius 2 is 1.26 bits per heavy atom. The van der Waals surface area contributed by atoms with Gasteiger partial charge in [-0.25, -0.2) is 9.59 Å². The maximum atomic E-state index is 12.6. The van der Waals surface area contributed by atoms with E-state index >= 15 is 0 Å². The van der Waals surface area contributed by atoms with Gasteiger partial charge in [0, 0.05) is 12.8 Å². The molecule has 3 atom stereocenters. The zero-order valence-electron chi connectivity index (χ0n) is 20.3. The lowest BCUT2D eigenvalue weighted by Gasteiger charge is -2.36. The summed E-state index contributed by atoms with van der Waals surface area (Å²) in [7, 11) is 0. The quantitative estimate of drug-likeness (QED) is 0.319. The maximum absolute atomic E-state index is 12.6. The molecule has 0 amide bonds. The molecule has 0 aromatic rings. The summed E-state index contributed by atoms with van der Waals surface area (Å²) in [5.74, 6) is -2.21. The standard InChI is InChI=1S/C22H39F3O6/c1-10-20(8,11-2)31-18(27)28-15(4)13-19(6,7)29-16(5)14-21(9,12-3)30-17(26)22(23,24)25/h15-16H,10-14H2,1-9H3. The molecule has 0 aliphatic rings. The first kappa shape index (κ1) is 29.5. The van der Waals surface area contributed by atoms with E-state index < -0.39 is 47.3 Å². The van der Waals surface area contributed by atoms with Gasteiger partial charge in [0.2, 0.25) is 0 Å². The van der Waals surface area contributed by atoms with E-state index in [-0.39, 0.29) is 12.8 Å². The smallest absolute Gasteiger partial charge is 0.453 e. The summed E-state index contributed by atoms with van der Waals surface area (Å²) < 4.78 is 59.1. The molecular weight excluding hydrogens is 417 g/mol. The number of carbonyl (C=O) groups excluding carboxylic acids is 2. The molecule has 0 heterocycles. The second-order valence-electron chi connectivity index (χ2n) is 9.22. The Hall–Kier alpha value is -1.51. The molecule has 3 unspecified atom stereocenters. The lowest BCUT2D eigenvalue weighted by atomic mass is 9.94. The Balaban J connectivity index is 4.85. The fourth-order valence-electron chi connectivity index (χ4n) is 3.30. The van der Waals surface area contributed by atoms with Crippen LogP contribution in [0.2, 0.25) is 0 Å². The van der Waals surface area contributed by atoms with E-state index in [1.165, 1.54) is 6.92 Å². The van der Waals surface area contributed by atoms with E-state index in [1.807, 2.05) is 20.8 Å². The van der Waals surface area contributed by atoms with Crippen molar-refractivity contribution < 1.29 is 41.7 Å². The van der Waals surface area contributed by atoms with Crippen LogP contribution in [-0.4, -0.2) is 47.3 Å². The fraction of sp³-hybridized carbons (Fsp3) is 0.909. The van der Waals surface area contributed by atoms with Gasteiger partial charge in [-0.05, 0) is 60.8 Å². The number of ether oxygens (including phenoxy) is 4. The zero-order chi connectivity index (χ0) is 24.7. The minimum atomic E-state index is -5.05. The molecule has 0 aliphatic carbocycles. The van der Waals surface area contributed by atoms with Crippen molar-refractivity contribution in [1.29, 1.82) is 0 Å². The summed E-state index contributed by atoms with van der Waals surface area (Å²) in [6.45, 7) is 15.8. The van der Waals surface area contributed by atoms with E-state index in [4.69, 9.17) is 18.9 Å². The van der Waals surface area contributed by atoms with Crippen LogP contribution in [0, 0.1) is 0 Å². The number of esters is 1. The molecule has 0 spiro atoms. The maximum Gasteiger partial charge on any atom is 0.509 e. The van der Waals surface area contributed by atoms with E-state index in [1.54, 1.807) is 34.6 Å². The summed E-state index contributed by atoms with van der Waals surface area (Å²) in [5.41, 5.74) is -2.66. The molecule has 0 N–H and O–H groups in total. The second kappa shape index (κ2) is 11.4. The third kappa shape index (κ3) is 11.1. The van der Waals surface area contributed by atoms with Gasteiger partial charge >= 0.3 is 18.3 Å². The van der Waals surface area contributed by atoms with Gasteiger partial charge in [0.05, 0.1) is 11.7 Å². The van der Waals surface area contributed by atoms with Crippen molar-refractivity contribution >= 4 is 12.1 Å². The fourth-order valence-corrected chi connectivity index (χ4v) is 3.30. The topological polar surface area (TPSA) is 71.1 Å². The van der Waals surface area contributed by atoms with Crippen LogP contribution in [0.5, 0.6) is 0 Å². The molecule has 6 nitrogen and oxygen atoms in total. The Kier molecular flexibility index (Phi) is 10.8. The molecular formula is C22H39F3O6. The van der Waals surface area contributed by atoms with Crippen molar-refractivity contribution in [2.45, 2.75) is 130 Å². The molecule has 0 aromatic carbocycles. The Morgan fingerprint density at radius 3 is 1.68 bits per heavy atom. The van der Waals surface area contributed by atoms with Crippen molar-refractivity contribution in [1.82, 2.24) is 0 Å². The molecule has 0 aliphatic heterocycles. The number of rotatable bonds is 12. The van der Waals surface area contributed by atoms with Crippen LogP contribution in [0.3, 0.4) is 0 Å². The minimum absolute atomic E-state index is 0.0807. The highest BCUT2D eigenvalue weighted by atomic mass is 19.4. The minimum Gasteiger partial charge on any atom is -0.453 e. The Morgan fingerprint density at radius 1 is 0.774 bits per heavy atom. The van der Waals surface area contributed by atoms with Crippen molar-refractivity contribution in [3.8, 4) is 0 Å². The molecule has 0 rings (SSSR count). The van der Waals surface area contributed by atoms with Crippen LogP contribution in [0.4, 0.5) is 18.0 Å². The number of hydrogen-bond acceptors (Lipinski definition) is 6. The van der Waals surface area contributed by atoms with E-state index in [0.29, 0.717) is 19.3 Å². The average molecular weight is 457 g/mol. The normalized spacial score (nSPS) is 16.8. The first-order chi connectivity index (χ1) is 13.9. The van der Waals surface area contributed by atoms with Gasteiger partial charge in [-0.1, -0.05) is 20.8 Å². The average Bonchev–Trinajstić information content (AvgIpc) is 2.58. The van der Waals surface area contributed by atoms with Crippen LogP contribution in [0.15, 0.2) is 0 Å². The number of alkyl halides is 3. The lowest BCUT2D eigenvalue weighted by Crippen LogP contribution is -2.42. The molecule has 0 saturated heterocycles. The van der Waals surface area contributed by atoms with Crippen LogP contribution >= 0.6 is 0 Å². The predicted octanol–water partition coefficient (Wildman–Crippen LogP) is 6.34. The van der Waals surface area contributed by atoms with Crippen LogP contribution in [0.1, 0.15) is 94.4 Å². The van der Waals surface area contributed by atoms with Gasteiger partial charge in [-0.15, -0.1) is 0 Å². The van der Waals surface area contributed by atoms with Crippen molar-refractivity contribution in [3.63, 3.8) is 0 Å². The van der Waals surface area contributed by atoms with Gasteiger partial charge in [-0.3, -0.25) is 0 Å². The van der Waals surface area contributed by atoms with E-state index in [0.717, 1.165) is 0 Å². The zero-order valence-corrected chi connectivity index (χ0v) is 20.3. The van der Waals surface area contributed by atoms with Crippen LogP contribution < -0.4 is 0 Å².